The number of nitrogens with one attached hydrogen (secondary N) is 2. The van der Waals surface area contributed by atoms with E-state index in [1.54, 1.807) is 12.1 Å². The van der Waals surface area contributed by atoms with Gasteiger partial charge in [-0.2, -0.15) is 0 Å². The smallest absolute Gasteiger partial charge is 0.221 e. The summed E-state index contributed by atoms with van der Waals surface area (Å²) < 4.78 is 14.4. The van der Waals surface area contributed by atoms with Gasteiger partial charge in [0.15, 0.2) is 0 Å². The van der Waals surface area contributed by atoms with Crippen molar-refractivity contribution in [2.45, 2.75) is 20.0 Å². The fourth-order valence-corrected chi connectivity index (χ4v) is 2.34. The van der Waals surface area contributed by atoms with Crippen molar-refractivity contribution in [3.8, 4) is 0 Å². The lowest BCUT2D eigenvalue weighted by atomic mass is 10.2. The molecule has 118 valence electrons. The summed E-state index contributed by atoms with van der Waals surface area (Å²) in [5.74, 6) is -0.308. The minimum absolute atomic E-state index is 0. The van der Waals surface area contributed by atoms with Gasteiger partial charge in [0.25, 0.3) is 0 Å². The first-order chi connectivity index (χ1) is 10.0. The Hall–Kier alpha value is -1.43. The summed E-state index contributed by atoms with van der Waals surface area (Å²) in [4.78, 5) is 10.9. The minimum atomic E-state index is -0.216. The fourth-order valence-electron chi connectivity index (χ4n) is 1.93. The molecule has 0 fully saturated rings. The molecule has 0 unspecified atom stereocenters. The first-order valence-corrected chi connectivity index (χ1v) is 7.35. The van der Waals surface area contributed by atoms with Gasteiger partial charge in [0.1, 0.15) is 5.82 Å². The van der Waals surface area contributed by atoms with Gasteiger partial charge in [-0.25, -0.2) is 4.39 Å². The molecule has 0 radical (unpaired) electrons. The van der Waals surface area contributed by atoms with Crippen LogP contribution >= 0.6 is 28.3 Å². The average Bonchev–Trinajstić information content (AvgIpc) is 2.44. The Labute approximate surface area is 143 Å². The van der Waals surface area contributed by atoms with Crippen LogP contribution in [0.4, 0.5) is 10.1 Å². The number of halogens is 3. The number of amides is 1. The van der Waals surface area contributed by atoms with Crippen LogP contribution in [0.1, 0.15) is 18.1 Å². The van der Waals surface area contributed by atoms with Crippen LogP contribution in [0.25, 0.3) is 0 Å². The van der Waals surface area contributed by atoms with Crippen LogP contribution in [0.15, 0.2) is 46.9 Å². The molecule has 0 saturated heterocycles. The van der Waals surface area contributed by atoms with Crippen molar-refractivity contribution >= 4 is 39.9 Å². The van der Waals surface area contributed by atoms with E-state index in [1.807, 2.05) is 24.3 Å². The third-order valence-electron chi connectivity index (χ3n) is 2.93. The van der Waals surface area contributed by atoms with Crippen LogP contribution < -0.4 is 10.6 Å². The Balaban J connectivity index is 0.00000242. The highest BCUT2D eigenvalue weighted by Gasteiger charge is 2.02. The maximum atomic E-state index is 13.6. The van der Waals surface area contributed by atoms with Gasteiger partial charge < -0.3 is 10.6 Å². The molecule has 1 amide bonds. The van der Waals surface area contributed by atoms with E-state index in [2.05, 4.69) is 26.6 Å². The topological polar surface area (TPSA) is 41.1 Å². The molecule has 0 aromatic heterocycles. The van der Waals surface area contributed by atoms with E-state index in [0.717, 1.165) is 15.7 Å². The molecule has 6 heteroatoms. The van der Waals surface area contributed by atoms with E-state index in [9.17, 15) is 9.18 Å². The second-order valence-corrected chi connectivity index (χ2v) is 5.63. The van der Waals surface area contributed by atoms with E-state index in [-0.39, 0.29) is 24.1 Å². The lowest BCUT2D eigenvalue weighted by Crippen LogP contribution is -2.14. The molecule has 22 heavy (non-hydrogen) atoms. The van der Waals surface area contributed by atoms with Crippen molar-refractivity contribution in [2.75, 3.05) is 5.32 Å². The summed E-state index contributed by atoms with van der Waals surface area (Å²) in [6, 6.07) is 12.4. The molecule has 0 atom stereocenters. The van der Waals surface area contributed by atoms with E-state index in [4.69, 9.17) is 0 Å². The Morgan fingerprint density at radius 2 is 1.82 bits per heavy atom. The van der Waals surface area contributed by atoms with Crippen molar-refractivity contribution in [1.29, 1.82) is 0 Å². The largest absolute Gasteiger partial charge is 0.326 e. The summed E-state index contributed by atoms with van der Waals surface area (Å²) in [6.45, 7) is 2.56. The van der Waals surface area contributed by atoms with Gasteiger partial charge in [-0.05, 0) is 35.9 Å². The highest BCUT2D eigenvalue weighted by molar-refractivity contribution is 9.10. The normalized spacial score (nSPS) is 9.95. The molecule has 0 heterocycles. The van der Waals surface area contributed by atoms with Gasteiger partial charge in [0, 0.05) is 35.7 Å². The Kier molecular flexibility index (Phi) is 7.51. The third-order valence-corrected chi connectivity index (χ3v) is 3.42. The third kappa shape index (κ3) is 5.75. The van der Waals surface area contributed by atoms with Crippen molar-refractivity contribution in [1.82, 2.24) is 5.32 Å². The molecule has 0 aliphatic carbocycles. The maximum absolute atomic E-state index is 13.6. The highest BCUT2D eigenvalue weighted by atomic mass is 79.9. The van der Waals surface area contributed by atoms with Crippen LogP contribution in [0.3, 0.4) is 0 Å². The first kappa shape index (κ1) is 18.6. The summed E-state index contributed by atoms with van der Waals surface area (Å²) in [7, 11) is 0. The van der Waals surface area contributed by atoms with Gasteiger partial charge in [-0.3, -0.25) is 4.79 Å². The van der Waals surface area contributed by atoms with Gasteiger partial charge in [0.05, 0.1) is 0 Å². The molecule has 2 aromatic rings. The molecular formula is C16H17BrClFN2O. The number of benzene rings is 2. The van der Waals surface area contributed by atoms with Crippen LogP contribution in [0.2, 0.25) is 0 Å². The maximum Gasteiger partial charge on any atom is 0.221 e. The van der Waals surface area contributed by atoms with E-state index >= 15 is 0 Å². The van der Waals surface area contributed by atoms with E-state index in [1.165, 1.54) is 13.0 Å². The van der Waals surface area contributed by atoms with Crippen molar-refractivity contribution < 1.29 is 9.18 Å². The van der Waals surface area contributed by atoms with Crippen LogP contribution in [0.5, 0.6) is 0 Å². The molecule has 2 N–H and O–H groups in total. The van der Waals surface area contributed by atoms with Gasteiger partial charge in [-0.15, -0.1) is 12.4 Å². The summed E-state index contributed by atoms with van der Waals surface area (Å²) in [5.41, 5.74) is 2.46. The fraction of sp³-hybridized carbons (Fsp3) is 0.188. The molecule has 0 bridgehead atoms. The molecule has 0 aliphatic heterocycles. The molecule has 0 spiro atoms. The van der Waals surface area contributed by atoms with Crippen LogP contribution in [-0.4, -0.2) is 5.91 Å². The molecular weight excluding hydrogens is 371 g/mol. The second-order valence-electron chi connectivity index (χ2n) is 4.72. The second kappa shape index (κ2) is 8.88. The zero-order valence-electron chi connectivity index (χ0n) is 12.0. The SMILES string of the molecule is CC(=O)Nc1ccc(CNCc2cc(Br)ccc2F)cc1.Cl. The predicted octanol–water partition coefficient (Wildman–Crippen LogP) is 4.26. The summed E-state index contributed by atoms with van der Waals surface area (Å²) in [6.07, 6.45) is 0. The lowest BCUT2D eigenvalue weighted by molar-refractivity contribution is -0.114. The highest BCUT2D eigenvalue weighted by Crippen LogP contribution is 2.15. The molecule has 2 rings (SSSR count). The van der Waals surface area contributed by atoms with Crippen molar-refractivity contribution in [3.63, 3.8) is 0 Å². The van der Waals surface area contributed by atoms with Crippen molar-refractivity contribution in [2.24, 2.45) is 0 Å². The molecule has 0 saturated carbocycles. The zero-order chi connectivity index (χ0) is 15.2. The van der Waals surface area contributed by atoms with Crippen molar-refractivity contribution in [3.05, 3.63) is 63.9 Å². The lowest BCUT2D eigenvalue weighted by Gasteiger charge is -2.08. The quantitative estimate of drug-likeness (QED) is 0.805. The summed E-state index contributed by atoms with van der Waals surface area (Å²) in [5, 5.41) is 5.91. The minimum Gasteiger partial charge on any atom is -0.326 e. The number of anilines is 1. The van der Waals surface area contributed by atoms with Gasteiger partial charge in [0.2, 0.25) is 5.91 Å². The Morgan fingerprint density at radius 1 is 1.14 bits per heavy atom. The number of carbonyl (C=O) groups is 1. The number of hydrogen-bond donors (Lipinski definition) is 2. The van der Waals surface area contributed by atoms with Crippen LogP contribution in [0, 0.1) is 5.82 Å². The number of hydrogen-bond acceptors (Lipinski definition) is 2. The number of rotatable bonds is 5. The zero-order valence-corrected chi connectivity index (χ0v) is 14.4. The van der Waals surface area contributed by atoms with Crippen LogP contribution in [-0.2, 0) is 17.9 Å². The van der Waals surface area contributed by atoms with Gasteiger partial charge in [-0.1, -0.05) is 28.1 Å². The summed E-state index contributed by atoms with van der Waals surface area (Å²) >= 11 is 3.33. The molecule has 2 aromatic carbocycles. The monoisotopic (exact) mass is 386 g/mol. The van der Waals surface area contributed by atoms with E-state index in [0.29, 0.717) is 18.7 Å². The average molecular weight is 388 g/mol. The molecule has 3 nitrogen and oxygen atoms in total. The van der Waals surface area contributed by atoms with E-state index < -0.39 is 0 Å². The van der Waals surface area contributed by atoms with Gasteiger partial charge >= 0.3 is 0 Å². The molecule has 0 aliphatic rings. The Bertz CT molecular complexity index is 635. The Morgan fingerprint density at radius 3 is 2.45 bits per heavy atom. The standard InChI is InChI=1S/C16H16BrFN2O.ClH/c1-11(21)20-15-5-2-12(3-6-15)9-19-10-13-8-14(17)4-7-16(13)18;/h2-8,19H,9-10H2,1H3,(H,20,21);1H. The predicted molar refractivity (Wildman–Crippen MR) is 92.6 cm³/mol. The first-order valence-electron chi connectivity index (χ1n) is 6.56. The number of carbonyl (C=O) groups excluding carboxylic acids is 1.